The van der Waals surface area contributed by atoms with E-state index in [9.17, 15) is 14.9 Å². The minimum atomic E-state index is -0.807. The number of hydrogen-bond acceptors (Lipinski definition) is 5. The lowest BCUT2D eigenvalue weighted by atomic mass is 9.96. The molecule has 0 aromatic heterocycles. The summed E-state index contributed by atoms with van der Waals surface area (Å²) in [6.45, 7) is 0. The number of carbonyl (C=O) groups excluding carboxylic acids is 1. The molecule has 1 atom stereocenters. The summed E-state index contributed by atoms with van der Waals surface area (Å²) in [7, 11) is 1.61. The van der Waals surface area contributed by atoms with Crippen LogP contribution in [0, 0.1) is 10.1 Å². The van der Waals surface area contributed by atoms with Crippen LogP contribution in [-0.4, -0.2) is 17.8 Å². The first-order valence-corrected chi connectivity index (χ1v) is 7.53. The van der Waals surface area contributed by atoms with E-state index >= 15 is 0 Å². The molecule has 1 aliphatic heterocycles. The Morgan fingerprint density at radius 3 is 2.50 bits per heavy atom. The summed E-state index contributed by atoms with van der Waals surface area (Å²) < 4.78 is 5.72. The van der Waals surface area contributed by atoms with Crippen molar-refractivity contribution >= 4 is 28.6 Å². The fourth-order valence-electron chi connectivity index (χ4n) is 2.61. The second-order valence-corrected chi connectivity index (χ2v) is 5.50. The maximum Gasteiger partial charge on any atom is 0.288 e. The van der Waals surface area contributed by atoms with Gasteiger partial charge in [-0.3, -0.25) is 14.9 Å². The second kappa shape index (κ2) is 6.33. The van der Waals surface area contributed by atoms with E-state index in [1.165, 1.54) is 12.1 Å². The van der Waals surface area contributed by atoms with Crippen LogP contribution >= 0.6 is 11.6 Å². The Balaban J connectivity index is 2.08. The number of rotatable bonds is 4. The molecule has 0 fully saturated rings. The van der Waals surface area contributed by atoms with Gasteiger partial charge >= 0.3 is 0 Å². The summed E-state index contributed by atoms with van der Waals surface area (Å²) in [5.74, 6) is -0.0517. The molecular weight excluding hydrogens is 332 g/mol. The number of nitrogens with one attached hydrogen (secondary N) is 1. The predicted molar refractivity (Wildman–Crippen MR) is 89.4 cm³/mol. The van der Waals surface area contributed by atoms with Gasteiger partial charge in [0.1, 0.15) is 5.02 Å². The highest BCUT2D eigenvalue weighted by Crippen LogP contribution is 2.41. The van der Waals surface area contributed by atoms with E-state index < -0.39 is 11.0 Å². The molecule has 0 spiro atoms. The quantitative estimate of drug-likeness (QED) is 0.678. The molecule has 0 radical (unpaired) electrons. The largest absolute Gasteiger partial charge is 0.462 e. The first-order valence-electron chi connectivity index (χ1n) is 7.15. The van der Waals surface area contributed by atoms with Crippen LogP contribution in [0.1, 0.15) is 17.2 Å². The van der Waals surface area contributed by atoms with Gasteiger partial charge in [0, 0.05) is 24.2 Å². The average molecular weight is 345 g/mol. The Morgan fingerprint density at radius 1 is 1.17 bits per heavy atom. The van der Waals surface area contributed by atoms with E-state index in [0.717, 1.165) is 0 Å². The van der Waals surface area contributed by atoms with E-state index in [1.54, 1.807) is 25.2 Å². The summed E-state index contributed by atoms with van der Waals surface area (Å²) in [5, 5.41) is 13.8. The lowest BCUT2D eigenvalue weighted by Crippen LogP contribution is -2.10. The number of ether oxygens (including phenoxy) is 1. The molecule has 0 aliphatic carbocycles. The number of carbonyl (C=O) groups is 1. The topological polar surface area (TPSA) is 81.5 Å². The normalized spacial score (nSPS) is 16.9. The fraction of sp³-hybridized carbons (Fsp3) is 0.118. The molecule has 0 saturated carbocycles. The second-order valence-electron chi connectivity index (χ2n) is 5.12. The third kappa shape index (κ3) is 2.61. The zero-order chi connectivity index (χ0) is 17.3. The zero-order valence-corrected chi connectivity index (χ0v) is 13.4. The first-order chi connectivity index (χ1) is 11.5. The van der Waals surface area contributed by atoms with Gasteiger partial charge in [-0.15, -0.1) is 0 Å². The van der Waals surface area contributed by atoms with Crippen molar-refractivity contribution in [2.45, 2.75) is 6.10 Å². The van der Waals surface area contributed by atoms with Crippen LogP contribution in [0.25, 0.3) is 5.57 Å². The Bertz CT molecular complexity index is 849. The molecule has 3 rings (SSSR count). The van der Waals surface area contributed by atoms with E-state index in [0.29, 0.717) is 5.56 Å². The van der Waals surface area contributed by atoms with E-state index in [4.69, 9.17) is 16.3 Å². The lowest BCUT2D eigenvalue weighted by Gasteiger charge is -2.11. The molecule has 1 unspecified atom stereocenters. The number of benzene rings is 2. The van der Waals surface area contributed by atoms with Crippen LogP contribution in [0.4, 0.5) is 5.69 Å². The highest BCUT2D eigenvalue weighted by Gasteiger charge is 2.38. The number of hydrogen-bond donors (Lipinski definition) is 1. The maximum atomic E-state index is 12.9. The van der Waals surface area contributed by atoms with Crippen LogP contribution in [0.3, 0.4) is 0 Å². The predicted octanol–water partition coefficient (Wildman–Crippen LogP) is 3.48. The van der Waals surface area contributed by atoms with Gasteiger partial charge < -0.3 is 10.1 Å². The molecule has 0 saturated heterocycles. The van der Waals surface area contributed by atoms with Crippen molar-refractivity contribution in [1.82, 2.24) is 5.32 Å². The van der Waals surface area contributed by atoms with Gasteiger partial charge in [-0.2, -0.15) is 0 Å². The van der Waals surface area contributed by atoms with Gasteiger partial charge in [0.15, 0.2) is 12.0 Å². The third-order valence-corrected chi connectivity index (χ3v) is 4.12. The van der Waals surface area contributed by atoms with Crippen molar-refractivity contribution in [2.24, 2.45) is 0 Å². The fourth-order valence-corrected chi connectivity index (χ4v) is 2.90. The van der Waals surface area contributed by atoms with Crippen molar-refractivity contribution in [3.63, 3.8) is 0 Å². The average Bonchev–Trinajstić information content (AvgIpc) is 2.92. The summed E-state index contributed by atoms with van der Waals surface area (Å²) in [5.41, 5.74) is 0.929. The minimum Gasteiger partial charge on any atom is -0.462 e. The van der Waals surface area contributed by atoms with Crippen LogP contribution < -0.4 is 5.32 Å². The molecule has 6 nitrogen and oxygen atoms in total. The molecular formula is C17H13ClN2O4. The number of Topliss-reactive ketones (excluding diaryl/α,β-unsaturated/α-hetero) is 1. The van der Waals surface area contributed by atoms with Crippen LogP contribution in [0.2, 0.25) is 5.02 Å². The molecule has 1 N–H and O–H groups in total. The highest BCUT2D eigenvalue weighted by molar-refractivity contribution is 6.37. The van der Waals surface area contributed by atoms with Crippen LogP contribution in [0.5, 0.6) is 0 Å². The van der Waals surface area contributed by atoms with E-state index in [1.807, 2.05) is 18.2 Å². The Morgan fingerprint density at radius 2 is 1.88 bits per heavy atom. The zero-order valence-electron chi connectivity index (χ0n) is 12.7. The van der Waals surface area contributed by atoms with Crippen molar-refractivity contribution in [3.8, 4) is 0 Å². The van der Waals surface area contributed by atoms with Crippen LogP contribution in [0.15, 0.2) is 54.4 Å². The Labute approximate surface area is 142 Å². The standard InChI is InChI=1S/C17H13ClN2O4/c1-19-17-13(11-8-5-9-12(14(11)18)20(22)23)15(21)16(24-17)10-6-3-2-4-7-10/h2-9,16,19H,1H3. The first kappa shape index (κ1) is 16.0. The van der Waals surface area contributed by atoms with Gasteiger partial charge in [0.05, 0.1) is 10.5 Å². The van der Waals surface area contributed by atoms with Gasteiger partial charge in [-0.05, 0) is 0 Å². The number of nitro groups is 1. The summed E-state index contributed by atoms with van der Waals surface area (Å²) in [4.78, 5) is 23.4. The summed E-state index contributed by atoms with van der Waals surface area (Å²) in [6, 6.07) is 13.4. The molecule has 1 heterocycles. The number of halogens is 1. The highest BCUT2D eigenvalue weighted by atomic mass is 35.5. The van der Waals surface area contributed by atoms with E-state index in [2.05, 4.69) is 5.32 Å². The Hall–Kier alpha value is -2.86. The van der Waals surface area contributed by atoms with Crippen LogP contribution in [-0.2, 0) is 9.53 Å². The lowest BCUT2D eigenvalue weighted by molar-refractivity contribution is -0.384. The molecule has 2 aromatic rings. The van der Waals surface area contributed by atoms with Gasteiger partial charge in [-0.25, -0.2) is 0 Å². The van der Waals surface area contributed by atoms with Crippen molar-refractivity contribution in [1.29, 1.82) is 0 Å². The van der Waals surface area contributed by atoms with E-state index in [-0.39, 0.29) is 33.5 Å². The molecule has 122 valence electrons. The van der Waals surface area contributed by atoms with Gasteiger partial charge in [-0.1, -0.05) is 54.1 Å². The minimum absolute atomic E-state index is 0.0871. The van der Waals surface area contributed by atoms with Gasteiger partial charge in [0.2, 0.25) is 5.78 Å². The summed E-state index contributed by atoms with van der Waals surface area (Å²) in [6.07, 6.45) is -0.807. The molecule has 1 aliphatic rings. The molecule has 0 bridgehead atoms. The SMILES string of the molecule is CNC1=C(c2cccc([N+](=O)[O-])c2Cl)C(=O)C(c2ccccc2)O1. The van der Waals surface area contributed by atoms with Crippen molar-refractivity contribution in [3.05, 3.63) is 80.7 Å². The Kier molecular flexibility index (Phi) is 4.22. The third-order valence-electron chi connectivity index (χ3n) is 3.72. The number of nitro benzene ring substituents is 1. The monoisotopic (exact) mass is 344 g/mol. The van der Waals surface area contributed by atoms with Crippen molar-refractivity contribution < 1.29 is 14.5 Å². The molecule has 0 amide bonds. The molecule has 2 aromatic carbocycles. The number of ketones is 1. The molecule has 24 heavy (non-hydrogen) atoms. The molecule has 7 heteroatoms. The maximum absolute atomic E-state index is 12.9. The smallest absolute Gasteiger partial charge is 0.288 e. The number of nitrogens with zero attached hydrogens (tertiary/aromatic N) is 1. The van der Waals surface area contributed by atoms with Gasteiger partial charge in [0.25, 0.3) is 5.69 Å². The summed E-state index contributed by atoms with van der Waals surface area (Å²) >= 11 is 6.15. The van der Waals surface area contributed by atoms with Crippen molar-refractivity contribution in [2.75, 3.05) is 7.05 Å².